The van der Waals surface area contributed by atoms with Crippen LogP contribution in [0, 0.1) is 0 Å². The second-order valence-electron chi connectivity index (χ2n) is 5.88. The Morgan fingerprint density at radius 3 is 1.91 bits per heavy atom. The lowest BCUT2D eigenvalue weighted by Crippen LogP contribution is -2.26. The van der Waals surface area contributed by atoms with Gasteiger partial charge in [-0.1, -0.05) is 44.8 Å². The van der Waals surface area contributed by atoms with E-state index in [1.54, 1.807) is 0 Å². The summed E-state index contributed by atoms with van der Waals surface area (Å²) in [6.07, 6.45) is 15.6. The molecule has 0 aromatic rings. The Kier molecular flexibility index (Phi) is 17.7. The van der Waals surface area contributed by atoms with E-state index in [0.29, 0.717) is 13.2 Å². The summed E-state index contributed by atoms with van der Waals surface area (Å²) in [5, 5.41) is 0. The van der Waals surface area contributed by atoms with Crippen LogP contribution in [-0.2, 0) is 14.2 Å². The van der Waals surface area contributed by atoms with Gasteiger partial charge in [0.1, 0.15) is 0 Å². The minimum atomic E-state index is -0.119. The lowest BCUT2D eigenvalue weighted by atomic mass is 10.0. The predicted octanol–water partition coefficient (Wildman–Crippen LogP) is 5.88. The fourth-order valence-corrected chi connectivity index (χ4v) is 2.72. The highest BCUT2D eigenvalue weighted by atomic mass is 16.7. The van der Waals surface area contributed by atoms with Gasteiger partial charge in [0, 0.05) is 26.2 Å². The summed E-state index contributed by atoms with van der Waals surface area (Å²) >= 11 is 0. The highest BCUT2D eigenvalue weighted by Crippen LogP contribution is 2.16. The standard InChI is InChI=1S/C20H40O3/c1-5-9-10-11-12-13-14-15-16-17-19(21-6-2)18-20(22-7-3)23-8-4/h9-10,19-20H,5-8,11-18H2,1-4H3/b10-9-. The lowest BCUT2D eigenvalue weighted by molar-refractivity contribution is -0.157. The average Bonchev–Trinajstić information content (AvgIpc) is 2.54. The van der Waals surface area contributed by atoms with Crippen LogP contribution in [0.25, 0.3) is 0 Å². The molecule has 0 spiro atoms. The van der Waals surface area contributed by atoms with Crippen LogP contribution >= 0.6 is 0 Å². The van der Waals surface area contributed by atoms with E-state index in [1.165, 1.54) is 38.5 Å². The number of rotatable bonds is 17. The van der Waals surface area contributed by atoms with Crippen molar-refractivity contribution < 1.29 is 14.2 Å². The molecular formula is C20H40O3. The highest BCUT2D eigenvalue weighted by molar-refractivity contribution is 4.79. The summed E-state index contributed by atoms with van der Waals surface area (Å²) in [6.45, 7) is 10.4. The van der Waals surface area contributed by atoms with Gasteiger partial charge in [-0.05, 0) is 46.5 Å². The summed E-state index contributed by atoms with van der Waals surface area (Å²) < 4.78 is 17.2. The van der Waals surface area contributed by atoms with E-state index in [9.17, 15) is 0 Å². The number of ether oxygens (including phenoxy) is 3. The summed E-state index contributed by atoms with van der Waals surface area (Å²) in [7, 11) is 0. The second kappa shape index (κ2) is 18.0. The van der Waals surface area contributed by atoms with E-state index in [-0.39, 0.29) is 12.4 Å². The first kappa shape index (κ1) is 22.6. The van der Waals surface area contributed by atoms with Crippen molar-refractivity contribution >= 4 is 0 Å². The Morgan fingerprint density at radius 1 is 0.696 bits per heavy atom. The molecule has 3 heteroatoms. The van der Waals surface area contributed by atoms with Crippen molar-refractivity contribution in [2.75, 3.05) is 19.8 Å². The number of unbranched alkanes of at least 4 members (excludes halogenated alkanes) is 5. The van der Waals surface area contributed by atoms with E-state index in [1.807, 2.05) is 13.8 Å². The molecule has 0 N–H and O–H groups in total. The van der Waals surface area contributed by atoms with Crippen LogP contribution < -0.4 is 0 Å². The van der Waals surface area contributed by atoms with E-state index in [2.05, 4.69) is 26.0 Å². The molecule has 0 saturated heterocycles. The zero-order chi connectivity index (χ0) is 17.2. The van der Waals surface area contributed by atoms with Crippen molar-refractivity contribution in [1.82, 2.24) is 0 Å². The van der Waals surface area contributed by atoms with E-state index < -0.39 is 0 Å². The fraction of sp³-hybridized carbons (Fsp3) is 0.900. The first-order chi connectivity index (χ1) is 11.3. The van der Waals surface area contributed by atoms with Crippen LogP contribution in [0.4, 0.5) is 0 Å². The molecule has 0 radical (unpaired) electrons. The molecule has 0 bridgehead atoms. The van der Waals surface area contributed by atoms with E-state index in [0.717, 1.165) is 25.9 Å². The molecule has 138 valence electrons. The van der Waals surface area contributed by atoms with Crippen LogP contribution in [0.2, 0.25) is 0 Å². The maximum Gasteiger partial charge on any atom is 0.160 e. The Balaban J connectivity index is 3.79. The summed E-state index contributed by atoms with van der Waals surface area (Å²) in [4.78, 5) is 0. The van der Waals surface area contributed by atoms with E-state index >= 15 is 0 Å². The molecule has 0 aromatic carbocycles. The second-order valence-corrected chi connectivity index (χ2v) is 5.88. The first-order valence-electron chi connectivity index (χ1n) is 9.78. The quantitative estimate of drug-likeness (QED) is 0.190. The number of hydrogen-bond donors (Lipinski definition) is 0. The van der Waals surface area contributed by atoms with Crippen LogP contribution in [0.15, 0.2) is 12.2 Å². The summed E-state index contributed by atoms with van der Waals surface area (Å²) in [6, 6.07) is 0. The highest BCUT2D eigenvalue weighted by Gasteiger charge is 2.17. The molecule has 0 aromatic heterocycles. The van der Waals surface area contributed by atoms with Gasteiger partial charge in [-0.15, -0.1) is 0 Å². The average molecular weight is 329 g/mol. The Bertz CT molecular complexity index is 247. The zero-order valence-electron chi connectivity index (χ0n) is 16.0. The van der Waals surface area contributed by atoms with Crippen LogP contribution in [-0.4, -0.2) is 32.2 Å². The van der Waals surface area contributed by atoms with Gasteiger partial charge in [0.25, 0.3) is 0 Å². The molecule has 0 rings (SSSR count). The van der Waals surface area contributed by atoms with Gasteiger partial charge in [-0.25, -0.2) is 0 Å². The maximum atomic E-state index is 5.87. The molecule has 0 fully saturated rings. The van der Waals surface area contributed by atoms with E-state index in [4.69, 9.17) is 14.2 Å². The normalized spacial score (nSPS) is 13.3. The summed E-state index contributed by atoms with van der Waals surface area (Å²) in [5.41, 5.74) is 0. The Hall–Kier alpha value is -0.380. The predicted molar refractivity (Wildman–Crippen MR) is 98.8 cm³/mol. The van der Waals surface area contributed by atoms with Gasteiger partial charge < -0.3 is 14.2 Å². The van der Waals surface area contributed by atoms with Gasteiger partial charge in [-0.2, -0.15) is 0 Å². The molecule has 0 heterocycles. The molecule has 0 aliphatic carbocycles. The topological polar surface area (TPSA) is 27.7 Å². The van der Waals surface area contributed by atoms with Crippen molar-refractivity contribution in [1.29, 1.82) is 0 Å². The maximum absolute atomic E-state index is 5.87. The van der Waals surface area contributed by atoms with Crippen molar-refractivity contribution in [2.45, 2.75) is 97.9 Å². The van der Waals surface area contributed by atoms with Gasteiger partial charge in [-0.3, -0.25) is 0 Å². The van der Waals surface area contributed by atoms with Gasteiger partial charge in [0.15, 0.2) is 6.29 Å². The molecule has 1 unspecified atom stereocenters. The Morgan fingerprint density at radius 2 is 1.30 bits per heavy atom. The fourth-order valence-electron chi connectivity index (χ4n) is 2.72. The van der Waals surface area contributed by atoms with Crippen molar-refractivity contribution in [2.24, 2.45) is 0 Å². The van der Waals surface area contributed by atoms with Crippen molar-refractivity contribution in [3.05, 3.63) is 12.2 Å². The molecular weight excluding hydrogens is 288 g/mol. The number of hydrogen-bond acceptors (Lipinski definition) is 3. The molecule has 0 aliphatic heterocycles. The molecule has 3 nitrogen and oxygen atoms in total. The Labute approximate surface area is 144 Å². The molecule has 0 amide bonds. The minimum Gasteiger partial charge on any atom is -0.378 e. The molecule has 0 saturated carbocycles. The van der Waals surface area contributed by atoms with Crippen LogP contribution in [0.1, 0.15) is 85.5 Å². The minimum absolute atomic E-state index is 0.119. The van der Waals surface area contributed by atoms with Gasteiger partial charge in [0.05, 0.1) is 6.10 Å². The monoisotopic (exact) mass is 328 g/mol. The van der Waals surface area contributed by atoms with Gasteiger partial charge in [0.2, 0.25) is 0 Å². The number of allylic oxidation sites excluding steroid dienone is 2. The largest absolute Gasteiger partial charge is 0.378 e. The zero-order valence-corrected chi connectivity index (χ0v) is 16.0. The smallest absolute Gasteiger partial charge is 0.160 e. The van der Waals surface area contributed by atoms with Crippen LogP contribution in [0.3, 0.4) is 0 Å². The lowest BCUT2D eigenvalue weighted by Gasteiger charge is -2.23. The van der Waals surface area contributed by atoms with Gasteiger partial charge >= 0.3 is 0 Å². The molecule has 23 heavy (non-hydrogen) atoms. The SMILES string of the molecule is CC/C=C\CCCCCCCC(CC(OCC)OCC)OCC. The van der Waals surface area contributed by atoms with Crippen LogP contribution in [0.5, 0.6) is 0 Å². The molecule has 0 aliphatic rings. The third kappa shape index (κ3) is 14.9. The third-order valence-electron chi connectivity index (χ3n) is 3.86. The summed E-state index contributed by atoms with van der Waals surface area (Å²) in [5.74, 6) is 0. The third-order valence-corrected chi connectivity index (χ3v) is 3.86. The van der Waals surface area contributed by atoms with Crippen molar-refractivity contribution in [3.8, 4) is 0 Å². The molecule has 1 atom stereocenters. The van der Waals surface area contributed by atoms with Crippen molar-refractivity contribution in [3.63, 3.8) is 0 Å². The first-order valence-corrected chi connectivity index (χ1v) is 9.78.